The average Bonchev–Trinajstić information content (AvgIpc) is 2.16. The van der Waals surface area contributed by atoms with Crippen LogP contribution in [0.2, 0.25) is 0 Å². The lowest BCUT2D eigenvalue weighted by atomic mass is 10.1. The summed E-state index contributed by atoms with van der Waals surface area (Å²) in [6.07, 6.45) is 3.74. The van der Waals surface area contributed by atoms with Crippen LogP contribution >= 0.6 is 0 Å². The highest BCUT2D eigenvalue weighted by Gasteiger charge is 2.04. The van der Waals surface area contributed by atoms with Crippen molar-refractivity contribution in [3.05, 3.63) is 35.7 Å². The molecule has 0 bridgehead atoms. The van der Waals surface area contributed by atoms with Gasteiger partial charge in [0.25, 0.3) is 0 Å². The maximum Gasteiger partial charge on any atom is 0.172 e. The number of rotatable bonds is 3. The van der Waals surface area contributed by atoms with E-state index >= 15 is 0 Å². The first-order valence-corrected chi connectivity index (χ1v) is 4.66. The van der Waals surface area contributed by atoms with E-state index in [0.29, 0.717) is 11.5 Å². The molecule has 1 aromatic carbocycles. The highest BCUT2D eigenvalue weighted by atomic mass is 19.1. The van der Waals surface area contributed by atoms with Crippen LogP contribution in [0, 0.1) is 11.7 Å². The summed E-state index contributed by atoms with van der Waals surface area (Å²) in [6.45, 7) is 4.10. The summed E-state index contributed by atoms with van der Waals surface area (Å²) in [5.41, 5.74) is 0.568. The summed E-state index contributed by atoms with van der Waals surface area (Å²) < 4.78 is 18.4. The third-order valence-electron chi connectivity index (χ3n) is 1.87. The third-order valence-corrected chi connectivity index (χ3v) is 1.87. The van der Waals surface area contributed by atoms with Crippen LogP contribution in [0.4, 0.5) is 4.39 Å². The number of hydrogen-bond acceptors (Lipinski definition) is 1. The molecule has 0 aliphatic heterocycles. The number of methoxy groups -OCH3 is 1. The minimum atomic E-state index is -0.299. The number of ether oxygens (including phenoxy) is 1. The topological polar surface area (TPSA) is 9.23 Å². The molecule has 14 heavy (non-hydrogen) atoms. The molecule has 2 heteroatoms. The molecule has 0 spiro atoms. The Hall–Kier alpha value is -1.31. The van der Waals surface area contributed by atoms with E-state index in [2.05, 4.69) is 13.8 Å². The molecule has 1 rings (SSSR count). The van der Waals surface area contributed by atoms with Crippen LogP contribution in [0.25, 0.3) is 6.08 Å². The fourth-order valence-corrected chi connectivity index (χ4v) is 1.11. The van der Waals surface area contributed by atoms with Crippen LogP contribution in [0.1, 0.15) is 19.4 Å². The second-order valence-corrected chi connectivity index (χ2v) is 3.47. The van der Waals surface area contributed by atoms with E-state index in [4.69, 9.17) is 4.74 Å². The van der Waals surface area contributed by atoms with Gasteiger partial charge in [-0.25, -0.2) is 4.39 Å². The van der Waals surface area contributed by atoms with Crippen LogP contribution in [-0.4, -0.2) is 7.11 Å². The molecule has 0 amide bonds. The standard InChI is InChI=1S/C12H15FO/c1-9(2)7-8-10-5-4-6-11(14-3)12(10)13/h4-9H,1-3H3. The number of hydrogen-bond donors (Lipinski definition) is 0. The minimum absolute atomic E-state index is 0.288. The Morgan fingerprint density at radius 3 is 2.64 bits per heavy atom. The zero-order chi connectivity index (χ0) is 10.6. The molecule has 76 valence electrons. The second-order valence-electron chi connectivity index (χ2n) is 3.47. The molecule has 0 atom stereocenters. The van der Waals surface area contributed by atoms with Crippen molar-refractivity contribution in [2.75, 3.05) is 7.11 Å². The van der Waals surface area contributed by atoms with Gasteiger partial charge in [0.1, 0.15) is 0 Å². The monoisotopic (exact) mass is 194 g/mol. The Morgan fingerprint density at radius 2 is 2.07 bits per heavy atom. The Morgan fingerprint density at radius 1 is 1.36 bits per heavy atom. The van der Waals surface area contributed by atoms with Gasteiger partial charge in [-0.15, -0.1) is 0 Å². The normalized spacial score (nSPS) is 11.2. The van der Waals surface area contributed by atoms with Gasteiger partial charge in [0.05, 0.1) is 7.11 Å². The molecule has 1 nitrogen and oxygen atoms in total. The molecule has 0 saturated carbocycles. The summed E-state index contributed by atoms with van der Waals surface area (Å²) in [5, 5.41) is 0. The smallest absolute Gasteiger partial charge is 0.172 e. The highest BCUT2D eigenvalue weighted by molar-refractivity contribution is 5.53. The molecule has 0 N–H and O–H groups in total. The summed E-state index contributed by atoms with van der Waals surface area (Å²) in [7, 11) is 1.47. The van der Waals surface area contributed by atoms with E-state index in [9.17, 15) is 4.39 Å². The third kappa shape index (κ3) is 2.59. The van der Waals surface area contributed by atoms with Gasteiger partial charge < -0.3 is 4.74 Å². The van der Waals surface area contributed by atoms with E-state index in [1.165, 1.54) is 7.11 Å². The lowest BCUT2D eigenvalue weighted by Gasteiger charge is -2.03. The summed E-state index contributed by atoms with van der Waals surface area (Å²) in [4.78, 5) is 0. The van der Waals surface area contributed by atoms with Crippen molar-refractivity contribution >= 4 is 6.08 Å². The molecule has 0 unspecified atom stereocenters. The zero-order valence-electron chi connectivity index (χ0n) is 8.75. The van der Waals surface area contributed by atoms with Crippen molar-refractivity contribution in [2.24, 2.45) is 5.92 Å². The van der Waals surface area contributed by atoms with E-state index in [1.807, 2.05) is 6.08 Å². The van der Waals surface area contributed by atoms with E-state index in [-0.39, 0.29) is 11.6 Å². The first-order valence-electron chi connectivity index (χ1n) is 4.66. The second kappa shape index (κ2) is 4.80. The van der Waals surface area contributed by atoms with Crippen LogP contribution in [0.15, 0.2) is 24.3 Å². The number of allylic oxidation sites excluding steroid dienone is 1. The molecule has 0 aliphatic rings. The molecule has 0 radical (unpaired) electrons. The van der Waals surface area contributed by atoms with Gasteiger partial charge in [-0.1, -0.05) is 38.1 Å². The van der Waals surface area contributed by atoms with Crippen molar-refractivity contribution in [3.63, 3.8) is 0 Å². The summed E-state index contributed by atoms with van der Waals surface area (Å²) in [5.74, 6) is 0.406. The van der Waals surface area contributed by atoms with Gasteiger partial charge in [0.15, 0.2) is 11.6 Å². The van der Waals surface area contributed by atoms with Crippen molar-refractivity contribution in [1.29, 1.82) is 0 Å². The quantitative estimate of drug-likeness (QED) is 0.715. The summed E-state index contributed by atoms with van der Waals surface area (Å²) >= 11 is 0. The maximum absolute atomic E-state index is 13.5. The van der Waals surface area contributed by atoms with Crippen LogP contribution in [0.3, 0.4) is 0 Å². The predicted molar refractivity (Wildman–Crippen MR) is 56.8 cm³/mol. The van der Waals surface area contributed by atoms with Crippen molar-refractivity contribution in [2.45, 2.75) is 13.8 Å². The van der Waals surface area contributed by atoms with Crippen molar-refractivity contribution in [3.8, 4) is 5.75 Å². The number of halogens is 1. The van der Waals surface area contributed by atoms with Crippen LogP contribution in [0.5, 0.6) is 5.75 Å². The molecular weight excluding hydrogens is 179 g/mol. The van der Waals surface area contributed by atoms with Crippen molar-refractivity contribution in [1.82, 2.24) is 0 Å². The van der Waals surface area contributed by atoms with Crippen molar-refractivity contribution < 1.29 is 9.13 Å². The molecule has 0 heterocycles. The lowest BCUT2D eigenvalue weighted by Crippen LogP contribution is -1.90. The SMILES string of the molecule is COc1cccc(C=CC(C)C)c1F. The Bertz CT molecular complexity index is 329. The van der Waals surface area contributed by atoms with Gasteiger partial charge in [-0.2, -0.15) is 0 Å². The van der Waals surface area contributed by atoms with Gasteiger partial charge in [0, 0.05) is 5.56 Å². The molecule has 0 aromatic heterocycles. The van der Waals surface area contributed by atoms with Crippen LogP contribution < -0.4 is 4.74 Å². The Balaban J connectivity index is 2.98. The van der Waals surface area contributed by atoms with E-state index < -0.39 is 0 Å². The Kier molecular flexibility index (Phi) is 3.69. The highest BCUT2D eigenvalue weighted by Crippen LogP contribution is 2.21. The van der Waals surface area contributed by atoms with Gasteiger partial charge in [-0.05, 0) is 12.0 Å². The van der Waals surface area contributed by atoms with Gasteiger partial charge in [-0.3, -0.25) is 0 Å². The fourth-order valence-electron chi connectivity index (χ4n) is 1.11. The number of benzene rings is 1. The first-order chi connectivity index (χ1) is 6.65. The largest absolute Gasteiger partial charge is 0.494 e. The van der Waals surface area contributed by atoms with E-state index in [1.54, 1.807) is 24.3 Å². The molecular formula is C12H15FO. The lowest BCUT2D eigenvalue weighted by molar-refractivity contribution is 0.386. The van der Waals surface area contributed by atoms with Gasteiger partial charge in [0.2, 0.25) is 0 Å². The summed E-state index contributed by atoms with van der Waals surface area (Å²) in [6, 6.07) is 5.13. The molecule has 1 aromatic rings. The minimum Gasteiger partial charge on any atom is -0.494 e. The predicted octanol–water partition coefficient (Wildman–Crippen LogP) is 3.50. The molecule has 0 saturated heterocycles. The average molecular weight is 194 g/mol. The van der Waals surface area contributed by atoms with E-state index in [0.717, 1.165) is 0 Å². The maximum atomic E-state index is 13.5. The first kappa shape index (κ1) is 10.8. The molecule has 0 aliphatic carbocycles. The zero-order valence-corrected chi connectivity index (χ0v) is 8.75. The van der Waals surface area contributed by atoms with Gasteiger partial charge >= 0.3 is 0 Å². The fraction of sp³-hybridized carbons (Fsp3) is 0.333. The Labute approximate surface area is 84.2 Å². The van der Waals surface area contributed by atoms with Crippen LogP contribution in [-0.2, 0) is 0 Å². The molecule has 0 fully saturated rings.